The number of hydrogen-bond acceptors (Lipinski definition) is 6. The molecule has 24 unspecified atom stereocenters. The quantitative estimate of drug-likeness (QED) is 0.189. The number of benzene rings is 4. The first kappa shape index (κ1) is 45.1. The lowest BCUT2D eigenvalue weighted by Gasteiger charge is -2.77. The maximum atomic E-state index is 8.13. The van der Waals surface area contributed by atoms with Gasteiger partial charge in [-0.25, -0.2) is 0 Å². The summed E-state index contributed by atoms with van der Waals surface area (Å²) in [7, 11) is -0.596. The lowest BCUT2D eigenvalue weighted by atomic mass is 9.61. The summed E-state index contributed by atoms with van der Waals surface area (Å²) in [4.78, 5) is 12.6. The first-order valence-corrected chi connectivity index (χ1v) is 32.5. The van der Waals surface area contributed by atoms with Crippen molar-refractivity contribution >= 4 is 38.6 Å². The van der Waals surface area contributed by atoms with Gasteiger partial charge in [0.15, 0.2) is 0 Å². The van der Waals surface area contributed by atoms with Gasteiger partial charge in [-0.3, -0.25) is 0 Å². The first-order chi connectivity index (χ1) is 35.2. The Bertz CT molecular complexity index is 2520. The van der Waals surface area contributed by atoms with Crippen LogP contribution in [0.5, 0.6) is 0 Å². The third-order valence-electron chi connectivity index (χ3n) is 22.5. The minimum Gasteiger partial charge on any atom is -0.373 e. The van der Waals surface area contributed by atoms with Gasteiger partial charge < -0.3 is 29.1 Å². The molecule has 12 fully saturated rings. The Balaban J connectivity index is 0.882. The second-order valence-corrected chi connectivity index (χ2v) is 31.8. The van der Waals surface area contributed by atoms with Crippen LogP contribution in [0.15, 0.2) is 97.1 Å². The summed E-state index contributed by atoms with van der Waals surface area (Å²) in [6.07, 6.45) is 17.1. The lowest BCUT2D eigenvalue weighted by molar-refractivity contribution is -0.125. The van der Waals surface area contributed by atoms with Crippen LogP contribution in [0.25, 0.3) is 0 Å². The topological polar surface area (TPSA) is 31.4 Å². The van der Waals surface area contributed by atoms with Crippen molar-refractivity contribution in [3.05, 3.63) is 119 Å². The summed E-state index contributed by atoms with van der Waals surface area (Å²) in [5, 5.41) is 0. The van der Waals surface area contributed by atoms with Gasteiger partial charge in [-0.1, -0.05) is 100 Å². The highest BCUT2D eigenvalue weighted by Gasteiger charge is 2.74. The minimum atomic E-state index is -0.298. The normalized spacial score (nSPS) is 46.7. The fourth-order valence-corrected chi connectivity index (χ4v) is 30.5. The van der Waals surface area contributed by atoms with Gasteiger partial charge in [0.25, 0.3) is 0 Å². The third-order valence-corrected chi connectivity index (χ3v) is 30.6. The molecule has 6 aliphatic heterocycles. The molecule has 0 spiro atoms. The summed E-state index contributed by atoms with van der Waals surface area (Å²) in [5.41, 5.74) is 15.4. The predicted octanol–water partition coefficient (Wildman–Crippen LogP) is 13.2. The van der Waals surface area contributed by atoms with Gasteiger partial charge in [0, 0.05) is 105 Å². The second kappa shape index (κ2) is 16.7. The molecule has 4 aromatic carbocycles. The average Bonchev–Trinajstić information content (AvgIpc) is 3.38. The van der Waals surface area contributed by atoms with Crippen LogP contribution in [-0.4, -0.2) is 107 Å². The van der Waals surface area contributed by atoms with Gasteiger partial charge in [-0.05, 0) is 177 Å². The molecule has 72 heavy (non-hydrogen) atoms. The van der Waals surface area contributed by atoms with Crippen molar-refractivity contribution in [1.82, 2.24) is 0 Å². The Kier molecular flexibility index (Phi) is 10.4. The Morgan fingerprint density at radius 1 is 0.347 bits per heavy atom. The van der Waals surface area contributed by atoms with E-state index in [1.54, 1.807) is 0 Å². The summed E-state index contributed by atoms with van der Waals surface area (Å²) in [5.74, 6) is 2.53. The second-order valence-electron chi connectivity index (χ2n) is 26.4. The van der Waals surface area contributed by atoms with Gasteiger partial charge in [0.1, 0.15) is 0 Å². The van der Waals surface area contributed by atoms with Gasteiger partial charge >= 0.3 is 0 Å². The maximum Gasteiger partial charge on any atom is 0.0670 e. The van der Waals surface area contributed by atoms with Crippen LogP contribution in [0.2, 0.25) is 0 Å². The van der Waals surface area contributed by atoms with E-state index in [4.69, 9.17) is 9.47 Å². The molecule has 4 aromatic rings. The number of aryl methyl sites for hydroxylation is 4. The highest BCUT2D eigenvalue weighted by atomic mass is 31.1. The number of fused-ring (bicyclic) bond motifs is 3. The van der Waals surface area contributed by atoms with Crippen molar-refractivity contribution in [2.45, 2.75) is 225 Å². The Labute approximate surface area is 433 Å². The van der Waals surface area contributed by atoms with Crippen LogP contribution in [-0.2, 0) is 9.47 Å². The highest BCUT2D eigenvalue weighted by molar-refractivity contribution is 7.61. The molecule has 8 heteroatoms. The van der Waals surface area contributed by atoms with E-state index in [1.807, 2.05) is 0 Å². The fourth-order valence-electron chi connectivity index (χ4n) is 20.3. The summed E-state index contributed by atoms with van der Waals surface area (Å²) in [6.45, 7) is 14.4. The zero-order valence-electron chi connectivity index (χ0n) is 43.9. The van der Waals surface area contributed by atoms with Gasteiger partial charge in [0.05, 0.1) is 24.4 Å². The Morgan fingerprint density at radius 2 is 0.667 bits per heavy atom. The summed E-state index contributed by atoms with van der Waals surface area (Å²) in [6, 6.07) is 44.1. The van der Waals surface area contributed by atoms with Crippen molar-refractivity contribution in [1.29, 1.82) is 0 Å². The van der Waals surface area contributed by atoms with E-state index in [0.29, 0.717) is 130 Å². The number of nitrogens with zero attached hydrogens (tertiary/aromatic N) is 4. The molecule has 0 amide bonds. The number of rotatable bonds is 4. The molecular formula is C64H80N4O2P2. The van der Waals surface area contributed by atoms with E-state index in [0.717, 1.165) is 0 Å². The van der Waals surface area contributed by atoms with E-state index in [1.165, 1.54) is 122 Å². The van der Waals surface area contributed by atoms with Crippen molar-refractivity contribution in [3.8, 4) is 0 Å². The Hall–Kier alpha value is -3.14. The summed E-state index contributed by atoms with van der Waals surface area (Å²) >= 11 is 0. The third kappa shape index (κ3) is 6.40. The van der Waals surface area contributed by atoms with Crippen LogP contribution >= 0.6 is 15.8 Å². The molecule has 378 valence electrons. The van der Waals surface area contributed by atoms with Crippen LogP contribution in [0, 0.1) is 51.4 Å². The number of ether oxygens (including phenoxy) is 2. The molecule has 6 aliphatic carbocycles. The fraction of sp³-hybridized carbons (Fsp3) is 0.625. The Morgan fingerprint density at radius 3 is 1.01 bits per heavy atom. The molecule has 24 atom stereocenters. The van der Waals surface area contributed by atoms with E-state index in [9.17, 15) is 0 Å². The molecular weight excluding hydrogens is 919 g/mol. The standard InChI is InChI=1S/C64H80N4O2P2/c1-35-13-21-41(22-14-35)65-47-9-7-11-53-61(47)71-59-49(65)29-39(5)31-51(59)67(43-25-17-37(3)18-26-43)57-45-34-56-64-58(46(45)33-55(69-53)63(57)71)68(44-27-19-38(4)20-28-44)52-32-40(6)30-50-60(52)72(64)62-48(10-8-12-54(62)70-56)66(50)42-23-15-36(2)16-24-42/h13-28,39-40,45-64H,7-12,29-34H2,1-6H3. The average molecular weight is 999 g/mol. The minimum absolute atomic E-state index is 0.298. The van der Waals surface area contributed by atoms with Crippen LogP contribution < -0.4 is 19.6 Å². The largest absolute Gasteiger partial charge is 0.373 e. The summed E-state index contributed by atoms with van der Waals surface area (Å²) < 4.78 is 16.3. The molecule has 12 aliphatic rings. The zero-order chi connectivity index (χ0) is 48.0. The lowest BCUT2D eigenvalue weighted by Crippen LogP contribution is -2.82. The maximum absolute atomic E-state index is 8.13. The van der Waals surface area contributed by atoms with Crippen LogP contribution in [0.3, 0.4) is 0 Å². The predicted molar refractivity (Wildman–Crippen MR) is 300 cm³/mol. The van der Waals surface area contributed by atoms with E-state index >= 15 is 0 Å². The van der Waals surface area contributed by atoms with Gasteiger partial charge in [0.2, 0.25) is 0 Å². The van der Waals surface area contributed by atoms with E-state index < -0.39 is 0 Å². The molecule has 0 aromatic heterocycles. The van der Waals surface area contributed by atoms with E-state index in [-0.39, 0.29) is 15.8 Å². The smallest absolute Gasteiger partial charge is 0.0670 e. The van der Waals surface area contributed by atoms with Gasteiger partial charge in [-0.15, -0.1) is 0 Å². The van der Waals surface area contributed by atoms with Crippen molar-refractivity contribution < 1.29 is 9.47 Å². The molecule has 0 bridgehead atoms. The molecule has 6 saturated heterocycles. The van der Waals surface area contributed by atoms with E-state index in [2.05, 4.69) is 158 Å². The zero-order valence-corrected chi connectivity index (χ0v) is 45.7. The first-order valence-electron chi connectivity index (χ1n) is 29.4. The SMILES string of the molecule is Cc1ccc(N2C3CCCC4OC5CC6C(CC7OC8CCCC9C8P8C%10C(CC(C)CC%10N(c%10ccc(C)cc%10)C6C78)N9c6ccc(C)cc6)C6C5P(C43)C3C2CC(C)CC3N6c2ccc(C)cc2)cc1. The van der Waals surface area contributed by atoms with Crippen LogP contribution in [0.4, 0.5) is 22.7 Å². The molecule has 16 rings (SSSR count). The monoisotopic (exact) mass is 999 g/mol. The molecule has 6 saturated carbocycles. The molecule has 0 N–H and O–H groups in total. The van der Waals surface area contributed by atoms with Crippen molar-refractivity contribution in [3.63, 3.8) is 0 Å². The molecule has 0 radical (unpaired) electrons. The highest BCUT2D eigenvalue weighted by Crippen LogP contribution is 2.78. The van der Waals surface area contributed by atoms with Crippen molar-refractivity contribution in [2.75, 3.05) is 19.6 Å². The van der Waals surface area contributed by atoms with Crippen molar-refractivity contribution in [2.24, 2.45) is 23.7 Å². The number of anilines is 4. The molecule has 6 nitrogen and oxygen atoms in total. The van der Waals surface area contributed by atoms with Crippen LogP contribution in [0.1, 0.15) is 113 Å². The number of hydrogen-bond donors (Lipinski definition) is 0. The van der Waals surface area contributed by atoms with Gasteiger partial charge in [-0.2, -0.15) is 0 Å². The molecule has 6 heterocycles.